The highest BCUT2D eigenvalue weighted by atomic mass is 32.2. The number of pyridine rings is 1. The molecule has 23 heavy (non-hydrogen) atoms. The van der Waals surface area contributed by atoms with Gasteiger partial charge in [-0.15, -0.1) is 0 Å². The largest absolute Gasteiger partial charge is 0.465 e. The van der Waals surface area contributed by atoms with Gasteiger partial charge >= 0.3 is 5.97 Å². The maximum Gasteiger partial charge on any atom is 0.339 e. The molecule has 0 spiro atoms. The Morgan fingerprint density at radius 3 is 2.78 bits per heavy atom. The molecule has 0 aliphatic carbocycles. The Kier molecular flexibility index (Phi) is 4.47. The quantitative estimate of drug-likeness (QED) is 0.796. The number of esters is 1. The summed E-state index contributed by atoms with van der Waals surface area (Å²) >= 11 is 1.21. The van der Waals surface area contributed by atoms with Crippen LogP contribution in [-0.4, -0.2) is 18.1 Å². The van der Waals surface area contributed by atoms with Gasteiger partial charge in [0.05, 0.1) is 24.4 Å². The summed E-state index contributed by atoms with van der Waals surface area (Å²) in [5.74, 6) is -0.948. The lowest BCUT2D eigenvalue weighted by molar-refractivity contribution is -0.0273. The van der Waals surface area contributed by atoms with Crippen LogP contribution in [0.15, 0.2) is 59.0 Å². The molecule has 1 aliphatic rings. The highest BCUT2D eigenvalue weighted by Gasteiger charge is 2.23. The molecular formula is C16H12FNO4S. The third kappa shape index (κ3) is 3.29. The first-order chi connectivity index (χ1) is 11.2. The van der Waals surface area contributed by atoms with E-state index >= 15 is 0 Å². The van der Waals surface area contributed by atoms with Gasteiger partial charge < -0.3 is 14.2 Å². The first kappa shape index (κ1) is 15.4. The van der Waals surface area contributed by atoms with E-state index in [9.17, 15) is 9.18 Å². The van der Waals surface area contributed by atoms with Crippen molar-refractivity contribution in [3.8, 4) is 0 Å². The third-order valence-electron chi connectivity index (χ3n) is 3.06. The molecule has 0 saturated heterocycles. The summed E-state index contributed by atoms with van der Waals surface area (Å²) in [6.45, 7) is 0. The second kappa shape index (κ2) is 6.70. The Bertz CT molecular complexity index is 757. The van der Waals surface area contributed by atoms with Crippen LogP contribution in [0, 0.1) is 5.82 Å². The number of carbonyl (C=O) groups is 1. The molecule has 0 atom stereocenters. The average molecular weight is 333 g/mol. The molecule has 1 aliphatic heterocycles. The maximum atomic E-state index is 13.5. The van der Waals surface area contributed by atoms with Gasteiger partial charge in [0.2, 0.25) is 0 Å². The molecule has 2 heterocycles. The summed E-state index contributed by atoms with van der Waals surface area (Å²) in [6, 6.07) is 8.25. The summed E-state index contributed by atoms with van der Waals surface area (Å²) in [7, 11) is 1.32. The topological polar surface area (TPSA) is 57.7 Å². The lowest BCUT2D eigenvalue weighted by Gasteiger charge is -2.15. The van der Waals surface area contributed by atoms with Crippen molar-refractivity contribution in [3.05, 3.63) is 66.0 Å². The molecule has 0 bridgehead atoms. The smallest absolute Gasteiger partial charge is 0.339 e. The molecule has 0 N–H and O–H groups in total. The molecular weight excluding hydrogens is 321 g/mol. The fourth-order valence-corrected chi connectivity index (χ4v) is 3.02. The van der Waals surface area contributed by atoms with Gasteiger partial charge in [-0.2, -0.15) is 0 Å². The Balaban J connectivity index is 1.96. The summed E-state index contributed by atoms with van der Waals surface area (Å²) in [5, 5.41) is 0.483. The van der Waals surface area contributed by atoms with Crippen molar-refractivity contribution in [2.45, 2.75) is 16.2 Å². The molecule has 5 nitrogen and oxygen atoms in total. The number of nitrogens with zero attached hydrogens (tertiary/aromatic N) is 1. The van der Waals surface area contributed by atoms with Crippen LogP contribution in [0.2, 0.25) is 0 Å². The monoisotopic (exact) mass is 333 g/mol. The van der Waals surface area contributed by atoms with Gasteiger partial charge in [0.15, 0.2) is 0 Å². The number of benzene rings is 1. The van der Waals surface area contributed by atoms with E-state index in [1.165, 1.54) is 37.5 Å². The zero-order valence-corrected chi connectivity index (χ0v) is 12.9. The van der Waals surface area contributed by atoms with Crippen molar-refractivity contribution in [3.63, 3.8) is 0 Å². The Hall–Kier alpha value is -2.54. The Labute approximate surface area is 136 Å². The number of hydrogen-bond donors (Lipinski definition) is 0. The Morgan fingerprint density at radius 1 is 1.30 bits per heavy atom. The number of ether oxygens (including phenoxy) is 3. The van der Waals surface area contributed by atoms with Gasteiger partial charge in [-0.25, -0.2) is 14.2 Å². The van der Waals surface area contributed by atoms with Crippen LogP contribution < -0.4 is 0 Å². The van der Waals surface area contributed by atoms with Crippen molar-refractivity contribution in [2.24, 2.45) is 0 Å². The van der Waals surface area contributed by atoms with E-state index in [1.54, 1.807) is 24.3 Å². The van der Waals surface area contributed by atoms with E-state index in [0.29, 0.717) is 21.0 Å². The van der Waals surface area contributed by atoms with Crippen LogP contribution in [0.1, 0.15) is 22.2 Å². The molecule has 0 unspecified atom stereocenters. The summed E-state index contributed by atoms with van der Waals surface area (Å²) in [5.41, 5.74) is 0.850. The van der Waals surface area contributed by atoms with Gasteiger partial charge in [-0.1, -0.05) is 23.9 Å². The van der Waals surface area contributed by atoms with Crippen molar-refractivity contribution in [1.82, 2.24) is 4.98 Å². The highest BCUT2D eigenvalue weighted by molar-refractivity contribution is 7.99. The van der Waals surface area contributed by atoms with Crippen molar-refractivity contribution in [2.75, 3.05) is 7.11 Å². The van der Waals surface area contributed by atoms with Crippen molar-refractivity contribution >= 4 is 17.7 Å². The van der Waals surface area contributed by atoms with Gasteiger partial charge in [0.1, 0.15) is 23.4 Å². The molecule has 0 saturated carbocycles. The molecule has 118 valence electrons. The molecule has 7 heteroatoms. The predicted molar refractivity (Wildman–Crippen MR) is 80.2 cm³/mol. The predicted octanol–water partition coefficient (Wildman–Crippen LogP) is 3.68. The van der Waals surface area contributed by atoms with Crippen molar-refractivity contribution < 1.29 is 23.4 Å². The van der Waals surface area contributed by atoms with Crippen LogP contribution in [0.5, 0.6) is 0 Å². The van der Waals surface area contributed by atoms with Crippen LogP contribution in [0.25, 0.3) is 0 Å². The molecule has 1 aromatic carbocycles. The second-order valence-electron chi connectivity index (χ2n) is 4.51. The fraction of sp³-hybridized carbons (Fsp3) is 0.125. The maximum absolute atomic E-state index is 13.5. The summed E-state index contributed by atoms with van der Waals surface area (Å²) in [4.78, 5) is 16.6. The summed E-state index contributed by atoms with van der Waals surface area (Å²) in [6.07, 6.45) is 3.11. The molecule has 0 radical (unpaired) electrons. The van der Waals surface area contributed by atoms with E-state index in [1.807, 2.05) is 0 Å². The van der Waals surface area contributed by atoms with E-state index < -0.39 is 18.1 Å². The minimum atomic E-state index is -0.758. The minimum Gasteiger partial charge on any atom is -0.465 e. The van der Waals surface area contributed by atoms with E-state index in [-0.39, 0.29) is 0 Å². The van der Waals surface area contributed by atoms with Gasteiger partial charge in [0.25, 0.3) is 6.29 Å². The van der Waals surface area contributed by atoms with E-state index in [4.69, 9.17) is 14.2 Å². The lowest BCUT2D eigenvalue weighted by Crippen LogP contribution is -2.05. The zero-order valence-electron chi connectivity index (χ0n) is 12.1. The van der Waals surface area contributed by atoms with E-state index in [0.717, 1.165) is 6.20 Å². The van der Waals surface area contributed by atoms with Crippen molar-refractivity contribution in [1.29, 1.82) is 0 Å². The fourth-order valence-electron chi connectivity index (χ4n) is 2.02. The third-order valence-corrected chi connectivity index (χ3v) is 4.17. The second-order valence-corrected chi connectivity index (χ2v) is 5.54. The lowest BCUT2D eigenvalue weighted by atomic mass is 10.2. The van der Waals surface area contributed by atoms with E-state index in [2.05, 4.69) is 4.98 Å². The average Bonchev–Trinajstić information content (AvgIpc) is 3.10. The first-order valence-electron chi connectivity index (χ1n) is 6.65. The van der Waals surface area contributed by atoms with Gasteiger partial charge in [-0.05, 0) is 18.2 Å². The summed E-state index contributed by atoms with van der Waals surface area (Å²) < 4.78 is 28.8. The standard InChI is InChI=1S/C16H12FNO4S/c1-20-15(19)11-4-2-3-5-13(11)23-14-12(8-10(17)9-18-14)16-21-6-7-22-16/h2-9,16H,1H3. The Morgan fingerprint density at radius 2 is 2.04 bits per heavy atom. The highest BCUT2D eigenvalue weighted by Crippen LogP contribution is 2.36. The number of methoxy groups -OCH3 is 1. The normalized spacial score (nSPS) is 13.5. The molecule has 1 aromatic heterocycles. The number of aromatic nitrogens is 1. The molecule has 0 fully saturated rings. The molecule has 0 amide bonds. The van der Waals surface area contributed by atoms with Gasteiger partial charge in [-0.3, -0.25) is 0 Å². The minimum absolute atomic E-state index is 0.406. The number of halogens is 1. The first-order valence-corrected chi connectivity index (χ1v) is 7.47. The van der Waals surface area contributed by atoms with Crippen LogP contribution in [-0.2, 0) is 14.2 Å². The number of carbonyl (C=O) groups excluding carboxylic acids is 1. The van der Waals surface area contributed by atoms with Gasteiger partial charge in [0, 0.05) is 4.90 Å². The van der Waals surface area contributed by atoms with Crippen LogP contribution in [0.3, 0.4) is 0 Å². The van der Waals surface area contributed by atoms with Crippen LogP contribution >= 0.6 is 11.8 Å². The number of rotatable bonds is 4. The molecule has 2 aromatic rings. The van der Waals surface area contributed by atoms with Crippen LogP contribution in [0.4, 0.5) is 4.39 Å². The molecule has 3 rings (SSSR count). The zero-order chi connectivity index (χ0) is 16.2. The number of hydrogen-bond acceptors (Lipinski definition) is 6. The SMILES string of the molecule is COC(=O)c1ccccc1Sc1ncc(F)cc1C1OC=CO1.